The zero-order valence-corrected chi connectivity index (χ0v) is 33.7. The highest BCUT2D eigenvalue weighted by Gasteiger charge is 2.62. The smallest absolute Gasteiger partial charge is 0.408 e. The lowest BCUT2D eigenvalue weighted by Crippen LogP contribution is -2.60. The van der Waals surface area contributed by atoms with Crippen LogP contribution >= 0.6 is 0 Å². The number of sulfonamides is 1. The van der Waals surface area contributed by atoms with Crippen molar-refractivity contribution in [2.45, 2.75) is 102 Å². The number of benzene rings is 2. The van der Waals surface area contributed by atoms with E-state index in [0.29, 0.717) is 29.7 Å². The van der Waals surface area contributed by atoms with Crippen LogP contribution in [0.1, 0.15) is 67.2 Å². The normalized spacial score (nSPS) is 22.8. The third kappa shape index (κ3) is 8.77. The van der Waals surface area contributed by atoms with E-state index >= 15 is 0 Å². The average Bonchev–Trinajstić information content (AvgIpc) is 4.06. The Balaban J connectivity index is 1.34. The molecule has 3 fully saturated rings. The summed E-state index contributed by atoms with van der Waals surface area (Å²) < 4.78 is 45.3. The molecular weight excluding hydrogens is 739 g/mol. The first-order valence-corrected chi connectivity index (χ1v) is 20.3. The summed E-state index contributed by atoms with van der Waals surface area (Å²) in [6, 6.07) is 14.6. The number of hydrogen-bond donors (Lipinski definition) is 3. The lowest BCUT2D eigenvalue weighted by atomic mass is 9.85. The number of rotatable bonds is 12. The second kappa shape index (κ2) is 15.1. The van der Waals surface area contributed by atoms with E-state index < -0.39 is 79.7 Å². The summed E-state index contributed by atoms with van der Waals surface area (Å²) in [5, 5.41) is 6.34. The Kier molecular flexibility index (Phi) is 10.9. The molecular formula is C41H51N5O9S. The standard InChI is InChI=1S/C41H51N5O9S/c1-9-26-22-41(26,37(49)45-56(51,52)29-16-17-29)44-34(47)32-21-28(23-46(32)36(48)33(39(2,3)4)43-38(50)55-40(5,6)7)54-35-30-18-15-27(53-8)19-25(30)20-31(42-35)24-13-11-10-12-14-24/h9-15,18-20,26,28-29,32-33H,1,16-17,21-23H2,2-8H3,(H,43,50)(H,44,47)(H,45,49). The van der Waals surface area contributed by atoms with Gasteiger partial charge in [-0.3, -0.25) is 19.1 Å². The molecule has 0 spiro atoms. The first kappa shape index (κ1) is 40.5. The number of aromatic nitrogens is 1. The van der Waals surface area contributed by atoms with E-state index in [1.807, 2.05) is 48.5 Å². The molecule has 5 atom stereocenters. The van der Waals surface area contributed by atoms with Crippen LogP contribution in [0.2, 0.25) is 0 Å². The molecule has 0 radical (unpaired) electrons. The van der Waals surface area contributed by atoms with Crippen LogP contribution in [0.3, 0.4) is 0 Å². The zero-order valence-electron chi connectivity index (χ0n) is 32.9. The molecule has 2 heterocycles. The summed E-state index contributed by atoms with van der Waals surface area (Å²) in [6.07, 6.45) is 0.950. The number of pyridine rings is 1. The highest BCUT2D eigenvalue weighted by molar-refractivity contribution is 7.91. The SMILES string of the molecule is C=CC1CC1(NC(=O)C1CC(Oc2nc(-c3ccccc3)cc3cc(OC)ccc23)CN1C(=O)C(NC(=O)OC(C)(C)C)C(C)(C)C)C(=O)NS(=O)(=O)C1CC1. The van der Waals surface area contributed by atoms with Gasteiger partial charge in [-0.15, -0.1) is 6.58 Å². The highest BCUT2D eigenvalue weighted by Crippen LogP contribution is 2.46. The Morgan fingerprint density at radius 2 is 1.71 bits per heavy atom. The van der Waals surface area contributed by atoms with Crippen LogP contribution in [0.25, 0.3) is 22.0 Å². The largest absolute Gasteiger partial charge is 0.497 e. The minimum atomic E-state index is -3.92. The van der Waals surface area contributed by atoms with Gasteiger partial charge in [-0.05, 0) is 75.1 Å². The van der Waals surface area contributed by atoms with Crippen LogP contribution in [0.5, 0.6) is 11.6 Å². The van der Waals surface area contributed by atoms with E-state index in [9.17, 15) is 27.6 Å². The topological polar surface area (TPSA) is 182 Å². The average molecular weight is 790 g/mol. The maximum absolute atomic E-state index is 14.6. The summed E-state index contributed by atoms with van der Waals surface area (Å²) in [7, 11) is -2.34. The molecule has 2 aromatic carbocycles. The van der Waals surface area contributed by atoms with Gasteiger partial charge in [0.05, 0.1) is 24.6 Å². The van der Waals surface area contributed by atoms with E-state index in [1.165, 1.54) is 11.0 Å². The lowest BCUT2D eigenvalue weighted by Gasteiger charge is -2.36. The van der Waals surface area contributed by atoms with Gasteiger partial charge in [0.2, 0.25) is 27.7 Å². The Morgan fingerprint density at radius 3 is 2.30 bits per heavy atom. The zero-order chi connectivity index (χ0) is 40.8. The van der Waals surface area contributed by atoms with Gasteiger partial charge in [0.15, 0.2) is 0 Å². The predicted octanol–water partition coefficient (Wildman–Crippen LogP) is 4.87. The van der Waals surface area contributed by atoms with Crippen molar-refractivity contribution in [3.05, 3.63) is 67.3 Å². The molecule has 6 rings (SSSR count). The Morgan fingerprint density at radius 1 is 1.02 bits per heavy atom. The Bertz CT molecular complexity index is 2140. The number of likely N-dealkylation sites (tertiary alicyclic amines) is 1. The number of carbonyl (C=O) groups is 4. The van der Waals surface area contributed by atoms with Crippen molar-refractivity contribution >= 4 is 44.6 Å². The molecule has 300 valence electrons. The number of nitrogens with one attached hydrogen (secondary N) is 3. The molecule has 3 N–H and O–H groups in total. The fraction of sp³-hybridized carbons (Fsp3) is 0.488. The number of nitrogens with zero attached hydrogens (tertiary/aromatic N) is 2. The van der Waals surface area contributed by atoms with Gasteiger partial charge >= 0.3 is 6.09 Å². The van der Waals surface area contributed by atoms with E-state index in [1.54, 1.807) is 54.7 Å². The van der Waals surface area contributed by atoms with Gasteiger partial charge in [0, 0.05) is 23.3 Å². The van der Waals surface area contributed by atoms with E-state index in [2.05, 4.69) is 21.9 Å². The van der Waals surface area contributed by atoms with Crippen molar-refractivity contribution in [2.24, 2.45) is 11.3 Å². The van der Waals surface area contributed by atoms with Gasteiger partial charge in [0.1, 0.15) is 35.1 Å². The van der Waals surface area contributed by atoms with Gasteiger partial charge < -0.3 is 29.7 Å². The van der Waals surface area contributed by atoms with Crippen LogP contribution in [-0.4, -0.2) is 90.3 Å². The minimum absolute atomic E-state index is 0.00735. The quantitative estimate of drug-likeness (QED) is 0.214. The van der Waals surface area contributed by atoms with Crippen LogP contribution in [0.4, 0.5) is 4.79 Å². The molecule has 3 aliphatic rings. The summed E-state index contributed by atoms with van der Waals surface area (Å²) in [5.41, 5.74) is -1.77. The molecule has 1 aromatic heterocycles. The molecule has 56 heavy (non-hydrogen) atoms. The monoisotopic (exact) mass is 789 g/mol. The first-order valence-electron chi connectivity index (χ1n) is 18.8. The summed E-state index contributed by atoms with van der Waals surface area (Å²) in [4.78, 5) is 61.9. The van der Waals surface area contributed by atoms with Crippen LogP contribution in [0, 0.1) is 11.3 Å². The molecule has 2 saturated carbocycles. The number of methoxy groups -OCH3 is 1. The fourth-order valence-electron chi connectivity index (χ4n) is 6.97. The van der Waals surface area contributed by atoms with Gasteiger partial charge in [-0.2, -0.15) is 0 Å². The molecule has 3 aromatic rings. The number of amides is 4. The van der Waals surface area contributed by atoms with Crippen LogP contribution in [-0.2, 0) is 29.1 Å². The number of carbonyl (C=O) groups excluding carboxylic acids is 4. The fourth-order valence-corrected chi connectivity index (χ4v) is 8.33. The molecule has 5 unspecified atom stereocenters. The van der Waals surface area contributed by atoms with E-state index in [4.69, 9.17) is 19.2 Å². The van der Waals surface area contributed by atoms with Crippen molar-refractivity contribution < 1.29 is 41.8 Å². The molecule has 15 heteroatoms. The third-order valence-electron chi connectivity index (χ3n) is 10.2. The second-order valence-electron chi connectivity index (χ2n) is 16.9. The molecule has 0 bridgehead atoms. The van der Waals surface area contributed by atoms with Gasteiger partial charge in [-0.25, -0.2) is 18.2 Å². The third-order valence-corrected chi connectivity index (χ3v) is 12.0. The van der Waals surface area contributed by atoms with Crippen molar-refractivity contribution in [1.29, 1.82) is 0 Å². The summed E-state index contributed by atoms with van der Waals surface area (Å²) in [6.45, 7) is 14.2. The highest BCUT2D eigenvalue weighted by atomic mass is 32.2. The molecule has 1 saturated heterocycles. The van der Waals surface area contributed by atoms with Crippen molar-refractivity contribution in [3.8, 4) is 22.9 Å². The number of ether oxygens (including phenoxy) is 3. The molecule has 4 amide bonds. The molecule has 1 aliphatic heterocycles. The lowest BCUT2D eigenvalue weighted by molar-refractivity contribution is -0.143. The maximum Gasteiger partial charge on any atom is 0.408 e. The summed E-state index contributed by atoms with van der Waals surface area (Å²) >= 11 is 0. The Hall–Kier alpha value is -5.18. The van der Waals surface area contributed by atoms with Crippen molar-refractivity contribution in [2.75, 3.05) is 13.7 Å². The van der Waals surface area contributed by atoms with E-state index in [0.717, 1.165) is 10.9 Å². The first-order chi connectivity index (χ1) is 26.2. The van der Waals surface area contributed by atoms with Gasteiger partial charge in [-0.1, -0.05) is 57.2 Å². The Labute approximate surface area is 327 Å². The van der Waals surface area contributed by atoms with E-state index in [-0.39, 0.29) is 25.3 Å². The molecule has 14 nitrogen and oxygen atoms in total. The minimum Gasteiger partial charge on any atom is -0.497 e. The number of fused-ring (bicyclic) bond motifs is 1. The summed E-state index contributed by atoms with van der Waals surface area (Å²) in [5.74, 6) is -1.73. The van der Waals surface area contributed by atoms with Crippen molar-refractivity contribution in [3.63, 3.8) is 0 Å². The number of hydrogen-bond acceptors (Lipinski definition) is 10. The second-order valence-corrected chi connectivity index (χ2v) is 18.8. The van der Waals surface area contributed by atoms with Crippen LogP contribution < -0.4 is 24.8 Å². The van der Waals surface area contributed by atoms with Crippen molar-refractivity contribution in [1.82, 2.24) is 25.2 Å². The molecule has 2 aliphatic carbocycles. The van der Waals surface area contributed by atoms with Crippen LogP contribution in [0.15, 0.2) is 67.3 Å². The van der Waals surface area contributed by atoms with Gasteiger partial charge in [0.25, 0.3) is 5.91 Å². The predicted molar refractivity (Wildman–Crippen MR) is 210 cm³/mol. The number of alkyl carbamates (subject to hydrolysis) is 1. The maximum atomic E-state index is 14.6.